The average Bonchev–Trinajstić information content (AvgIpc) is 3.03. The summed E-state index contributed by atoms with van der Waals surface area (Å²) < 4.78 is 29.6. The summed E-state index contributed by atoms with van der Waals surface area (Å²) in [7, 11) is -4.27. The van der Waals surface area contributed by atoms with E-state index in [0.717, 1.165) is 15.4 Å². The zero-order chi connectivity index (χ0) is 33.4. The molecule has 4 aromatic rings. The quantitative estimate of drug-likeness (QED) is 0.156. The average molecular weight is 701 g/mol. The van der Waals surface area contributed by atoms with E-state index < -0.39 is 28.5 Å². The zero-order valence-corrected chi connectivity index (χ0v) is 28.9. The Kier molecular flexibility index (Phi) is 12.1. The van der Waals surface area contributed by atoms with E-state index in [9.17, 15) is 18.0 Å². The normalized spacial score (nSPS) is 12.0. The summed E-state index contributed by atoms with van der Waals surface area (Å²) in [4.78, 5) is 29.8. The summed E-state index contributed by atoms with van der Waals surface area (Å²) in [6.45, 7) is 5.17. The van der Waals surface area contributed by atoms with Crippen LogP contribution >= 0.6 is 34.8 Å². The maximum atomic E-state index is 14.6. The molecule has 0 heterocycles. The molecule has 46 heavy (non-hydrogen) atoms. The topological polar surface area (TPSA) is 86.8 Å². The molecular weight excluding hydrogens is 665 g/mol. The number of halogens is 3. The first-order valence-corrected chi connectivity index (χ1v) is 17.4. The van der Waals surface area contributed by atoms with Crippen molar-refractivity contribution in [1.82, 2.24) is 10.2 Å². The third kappa shape index (κ3) is 8.62. The Morgan fingerprint density at radius 1 is 0.848 bits per heavy atom. The van der Waals surface area contributed by atoms with E-state index in [0.29, 0.717) is 39.2 Å². The van der Waals surface area contributed by atoms with E-state index in [1.165, 1.54) is 23.1 Å². The van der Waals surface area contributed by atoms with Crippen LogP contribution in [0, 0.1) is 13.8 Å². The summed E-state index contributed by atoms with van der Waals surface area (Å²) in [6, 6.07) is 24.5. The lowest BCUT2D eigenvalue weighted by Crippen LogP contribution is -2.53. The van der Waals surface area contributed by atoms with E-state index in [1.807, 2.05) is 44.2 Å². The van der Waals surface area contributed by atoms with Gasteiger partial charge in [0.25, 0.3) is 10.0 Å². The fraction of sp³-hybridized carbons (Fsp3) is 0.257. The van der Waals surface area contributed by atoms with Gasteiger partial charge in [0.05, 0.1) is 10.6 Å². The minimum Gasteiger partial charge on any atom is -0.354 e. The SMILES string of the molecule is CCCNC(=O)C(Cc1ccccc1)N(Cc1c(Cl)cccc1Cl)C(=O)CN(c1cc(Cl)ccc1C)S(=O)(=O)c1ccc(C)cc1. The van der Waals surface area contributed by atoms with Gasteiger partial charge in [0, 0.05) is 40.1 Å². The lowest BCUT2D eigenvalue weighted by Gasteiger charge is -2.34. The predicted octanol–water partition coefficient (Wildman–Crippen LogP) is 7.63. The first-order valence-electron chi connectivity index (χ1n) is 14.8. The van der Waals surface area contributed by atoms with Crippen LogP contribution in [0.4, 0.5) is 5.69 Å². The van der Waals surface area contributed by atoms with Gasteiger partial charge in [0.2, 0.25) is 11.8 Å². The number of hydrogen-bond acceptors (Lipinski definition) is 4. The van der Waals surface area contributed by atoms with Crippen LogP contribution in [0.2, 0.25) is 15.1 Å². The van der Waals surface area contributed by atoms with Crippen molar-refractivity contribution in [3.63, 3.8) is 0 Å². The molecule has 11 heteroatoms. The van der Waals surface area contributed by atoms with Crippen LogP contribution in [0.1, 0.15) is 35.6 Å². The van der Waals surface area contributed by atoms with Crippen molar-refractivity contribution in [2.24, 2.45) is 0 Å². The third-order valence-corrected chi connectivity index (χ3v) is 10.3. The van der Waals surface area contributed by atoms with Crippen molar-refractivity contribution in [2.75, 3.05) is 17.4 Å². The maximum absolute atomic E-state index is 14.6. The molecule has 0 aliphatic heterocycles. The predicted molar refractivity (Wildman–Crippen MR) is 186 cm³/mol. The third-order valence-electron chi connectivity index (χ3n) is 7.54. The van der Waals surface area contributed by atoms with Crippen molar-refractivity contribution >= 4 is 62.3 Å². The molecule has 0 fully saturated rings. The number of benzene rings is 4. The highest BCUT2D eigenvalue weighted by Gasteiger charge is 2.35. The zero-order valence-electron chi connectivity index (χ0n) is 25.8. The van der Waals surface area contributed by atoms with Gasteiger partial charge in [-0.1, -0.05) is 102 Å². The molecule has 4 aromatic carbocycles. The number of hydrogen-bond donors (Lipinski definition) is 1. The van der Waals surface area contributed by atoms with Gasteiger partial charge in [0.1, 0.15) is 12.6 Å². The first-order chi connectivity index (χ1) is 21.9. The molecule has 2 amide bonds. The smallest absolute Gasteiger partial charge is 0.264 e. The highest BCUT2D eigenvalue weighted by molar-refractivity contribution is 7.92. The van der Waals surface area contributed by atoms with Gasteiger partial charge in [-0.3, -0.25) is 13.9 Å². The van der Waals surface area contributed by atoms with Crippen LogP contribution in [-0.2, 0) is 32.6 Å². The molecule has 1 N–H and O–H groups in total. The van der Waals surface area contributed by atoms with Gasteiger partial charge in [-0.2, -0.15) is 0 Å². The lowest BCUT2D eigenvalue weighted by atomic mass is 10.0. The number of rotatable bonds is 13. The Labute approximate surface area is 286 Å². The van der Waals surface area contributed by atoms with Gasteiger partial charge in [0.15, 0.2) is 0 Å². The molecule has 0 aromatic heterocycles. The van der Waals surface area contributed by atoms with Crippen LogP contribution in [-0.4, -0.2) is 44.3 Å². The Hall–Kier alpha value is -3.56. The molecule has 242 valence electrons. The molecule has 0 aliphatic carbocycles. The summed E-state index contributed by atoms with van der Waals surface area (Å²) in [6.07, 6.45) is 0.857. The Morgan fingerprint density at radius 2 is 1.50 bits per heavy atom. The second kappa shape index (κ2) is 15.8. The van der Waals surface area contributed by atoms with Gasteiger partial charge < -0.3 is 10.2 Å². The summed E-state index contributed by atoms with van der Waals surface area (Å²) in [5.74, 6) is -1.01. The highest BCUT2D eigenvalue weighted by atomic mass is 35.5. The highest BCUT2D eigenvalue weighted by Crippen LogP contribution is 2.31. The molecule has 1 atom stereocenters. The van der Waals surface area contributed by atoms with Crippen molar-refractivity contribution < 1.29 is 18.0 Å². The number of carbonyl (C=O) groups excluding carboxylic acids is 2. The number of nitrogens with one attached hydrogen (secondary N) is 1. The van der Waals surface area contributed by atoms with Crippen molar-refractivity contribution in [3.8, 4) is 0 Å². The molecule has 0 spiro atoms. The van der Waals surface area contributed by atoms with E-state index in [2.05, 4.69) is 5.32 Å². The minimum atomic E-state index is -4.27. The molecule has 1 unspecified atom stereocenters. The lowest BCUT2D eigenvalue weighted by molar-refractivity contribution is -0.140. The number of amides is 2. The molecule has 7 nitrogen and oxygen atoms in total. The standard InChI is InChI=1S/C35H36Cl3N3O4S/c1-4-19-39-35(43)33(20-26-9-6-5-7-10-26)40(22-29-30(37)11-8-12-31(29)38)34(42)23-41(32-21-27(36)16-15-25(32)3)46(44,45)28-17-13-24(2)14-18-28/h5-18,21,33H,4,19-20,22-23H2,1-3H3,(H,39,43). The van der Waals surface area contributed by atoms with Crippen molar-refractivity contribution in [2.45, 2.75) is 51.1 Å². The molecular formula is C35H36Cl3N3O4S. The Balaban J connectivity index is 1.86. The first kappa shape index (κ1) is 35.3. The second-order valence-corrected chi connectivity index (χ2v) is 14.1. The van der Waals surface area contributed by atoms with E-state index in [1.54, 1.807) is 49.4 Å². The van der Waals surface area contributed by atoms with Crippen LogP contribution in [0.5, 0.6) is 0 Å². The molecule has 4 rings (SSSR count). The fourth-order valence-corrected chi connectivity index (χ4v) is 7.13. The van der Waals surface area contributed by atoms with Crippen LogP contribution in [0.3, 0.4) is 0 Å². The molecule has 0 radical (unpaired) electrons. The minimum absolute atomic E-state index is 0.00694. The van der Waals surface area contributed by atoms with E-state index >= 15 is 0 Å². The Morgan fingerprint density at radius 3 is 2.13 bits per heavy atom. The van der Waals surface area contributed by atoms with Crippen LogP contribution in [0.25, 0.3) is 0 Å². The number of carbonyl (C=O) groups is 2. The van der Waals surface area contributed by atoms with Gasteiger partial charge in [-0.15, -0.1) is 0 Å². The van der Waals surface area contributed by atoms with Crippen LogP contribution in [0.15, 0.2) is 95.9 Å². The van der Waals surface area contributed by atoms with Gasteiger partial charge >= 0.3 is 0 Å². The van der Waals surface area contributed by atoms with Crippen molar-refractivity contribution in [3.05, 3.63) is 128 Å². The van der Waals surface area contributed by atoms with Gasteiger partial charge in [-0.25, -0.2) is 8.42 Å². The monoisotopic (exact) mass is 699 g/mol. The number of anilines is 1. The molecule has 0 bridgehead atoms. The van der Waals surface area contributed by atoms with Crippen molar-refractivity contribution in [1.29, 1.82) is 0 Å². The fourth-order valence-electron chi connectivity index (χ4n) is 4.98. The van der Waals surface area contributed by atoms with Crippen LogP contribution < -0.4 is 9.62 Å². The number of nitrogens with zero attached hydrogens (tertiary/aromatic N) is 2. The number of sulfonamides is 1. The second-order valence-electron chi connectivity index (χ2n) is 11.0. The Bertz CT molecular complexity index is 1760. The molecule has 0 saturated carbocycles. The summed E-state index contributed by atoms with van der Waals surface area (Å²) >= 11 is 19.5. The van der Waals surface area contributed by atoms with E-state index in [4.69, 9.17) is 34.8 Å². The number of aryl methyl sites for hydroxylation is 2. The van der Waals surface area contributed by atoms with E-state index in [-0.39, 0.29) is 29.5 Å². The summed E-state index contributed by atoms with van der Waals surface area (Å²) in [5.41, 5.74) is 2.97. The molecule has 0 saturated heterocycles. The summed E-state index contributed by atoms with van der Waals surface area (Å²) in [5, 5.41) is 3.85. The molecule has 0 aliphatic rings. The maximum Gasteiger partial charge on any atom is 0.264 e. The largest absolute Gasteiger partial charge is 0.354 e. The van der Waals surface area contributed by atoms with Gasteiger partial charge in [-0.05, 0) is 67.8 Å².